The number of hydrogen-bond donors (Lipinski definition) is 2. The third kappa shape index (κ3) is 4.51. The highest BCUT2D eigenvalue weighted by molar-refractivity contribution is 7.87. The molecule has 0 aliphatic heterocycles. The van der Waals surface area contributed by atoms with Crippen LogP contribution >= 0.6 is 0 Å². The van der Waals surface area contributed by atoms with Gasteiger partial charge in [-0.1, -0.05) is 43.2 Å². The fraction of sp³-hybridized carbons (Fsp3) is 0.600. The summed E-state index contributed by atoms with van der Waals surface area (Å²) < 4.78 is 29.0. The van der Waals surface area contributed by atoms with Crippen molar-refractivity contribution in [3.63, 3.8) is 0 Å². The second-order valence-corrected chi connectivity index (χ2v) is 7.56. The molecule has 1 aromatic rings. The molecule has 1 aliphatic rings. The fourth-order valence-corrected chi connectivity index (χ4v) is 4.07. The molecule has 0 radical (unpaired) electrons. The molecule has 1 atom stereocenters. The van der Waals surface area contributed by atoms with Gasteiger partial charge in [0.05, 0.1) is 0 Å². The van der Waals surface area contributed by atoms with Crippen molar-refractivity contribution in [2.24, 2.45) is 11.7 Å². The molecule has 0 heterocycles. The summed E-state index contributed by atoms with van der Waals surface area (Å²) in [6.07, 6.45) is 4.46. The number of nitrogens with two attached hydrogens (primary N) is 1. The van der Waals surface area contributed by atoms with Crippen LogP contribution in [0.5, 0.6) is 0 Å². The van der Waals surface area contributed by atoms with Gasteiger partial charge < -0.3 is 5.73 Å². The van der Waals surface area contributed by atoms with E-state index in [0.717, 1.165) is 18.4 Å². The van der Waals surface area contributed by atoms with E-state index >= 15 is 0 Å². The highest BCUT2D eigenvalue weighted by Crippen LogP contribution is 2.27. The Bertz CT molecular complexity index is 527. The second kappa shape index (κ2) is 7.35. The minimum absolute atomic E-state index is 0.157. The van der Waals surface area contributed by atoms with Gasteiger partial charge in [0.2, 0.25) is 0 Å². The van der Waals surface area contributed by atoms with Gasteiger partial charge in [0.1, 0.15) is 0 Å². The third-order valence-electron chi connectivity index (χ3n) is 4.18. The van der Waals surface area contributed by atoms with Gasteiger partial charge in [-0.25, -0.2) is 0 Å². The summed E-state index contributed by atoms with van der Waals surface area (Å²) in [5.74, 6) is 0.370. The number of nitrogens with zero attached hydrogens (tertiary/aromatic N) is 1. The van der Waals surface area contributed by atoms with Gasteiger partial charge in [-0.15, -0.1) is 0 Å². The molecule has 0 bridgehead atoms. The predicted molar refractivity (Wildman–Crippen MR) is 84.8 cm³/mol. The molecule has 1 aromatic carbocycles. The molecule has 5 nitrogen and oxygen atoms in total. The van der Waals surface area contributed by atoms with Gasteiger partial charge in [0.15, 0.2) is 0 Å². The number of nitrogens with one attached hydrogen (secondary N) is 1. The van der Waals surface area contributed by atoms with E-state index in [-0.39, 0.29) is 6.04 Å². The Labute approximate surface area is 127 Å². The van der Waals surface area contributed by atoms with Crippen LogP contribution < -0.4 is 10.5 Å². The summed E-state index contributed by atoms with van der Waals surface area (Å²) in [5, 5.41) is 0. The van der Waals surface area contributed by atoms with Crippen LogP contribution in [0.3, 0.4) is 0 Å². The second-order valence-electron chi connectivity index (χ2n) is 5.75. The van der Waals surface area contributed by atoms with Crippen LogP contribution in [0.4, 0.5) is 0 Å². The molecule has 3 N–H and O–H groups in total. The molecule has 21 heavy (non-hydrogen) atoms. The van der Waals surface area contributed by atoms with Crippen LogP contribution in [-0.4, -0.2) is 32.4 Å². The van der Waals surface area contributed by atoms with Crippen molar-refractivity contribution in [1.82, 2.24) is 9.03 Å². The van der Waals surface area contributed by atoms with E-state index in [1.54, 1.807) is 7.05 Å². The zero-order valence-corrected chi connectivity index (χ0v) is 13.3. The van der Waals surface area contributed by atoms with Gasteiger partial charge in [-0.05, 0) is 24.3 Å². The maximum Gasteiger partial charge on any atom is 0.279 e. The Hall–Kier alpha value is -0.950. The summed E-state index contributed by atoms with van der Waals surface area (Å²) in [7, 11) is -1.91. The Morgan fingerprint density at radius 1 is 1.29 bits per heavy atom. The minimum atomic E-state index is -3.50. The van der Waals surface area contributed by atoms with E-state index < -0.39 is 10.2 Å². The Kier molecular flexibility index (Phi) is 5.75. The van der Waals surface area contributed by atoms with E-state index in [4.69, 9.17) is 5.73 Å². The van der Waals surface area contributed by atoms with Gasteiger partial charge >= 0.3 is 0 Å². The third-order valence-corrected chi connectivity index (χ3v) is 5.73. The van der Waals surface area contributed by atoms with Crippen LogP contribution in [-0.2, 0) is 16.8 Å². The summed E-state index contributed by atoms with van der Waals surface area (Å²) >= 11 is 0. The lowest BCUT2D eigenvalue weighted by atomic mass is 9.99. The summed E-state index contributed by atoms with van der Waals surface area (Å²) in [6, 6.07) is 9.42. The molecule has 118 valence electrons. The van der Waals surface area contributed by atoms with Crippen molar-refractivity contribution >= 4 is 10.2 Å². The maximum atomic E-state index is 12.4. The van der Waals surface area contributed by atoms with Crippen LogP contribution in [0.1, 0.15) is 31.2 Å². The van der Waals surface area contributed by atoms with Crippen molar-refractivity contribution in [3.8, 4) is 0 Å². The Morgan fingerprint density at radius 2 is 1.90 bits per heavy atom. The fourth-order valence-electron chi connectivity index (χ4n) is 2.90. The normalized spacial score (nSPS) is 18.2. The van der Waals surface area contributed by atoms with Crippen LogP contribution in [0.15, 0.2) is 30.3 Å². The van der Waals surface area contributed by atoms with Crippen LogP contribution in [0, 0.1) is 5.92 Å². The molecule has 0 saturated heterocycles. The van der Waals surface area contributed by atoms with Gasteiger partial charge in [-0.3, -0.25) is 0 Å². The molecular weight excluding hydrogens is 286 g/mol. The summed E-state index contributed by atoms with van der Waals surface area (Å²) in [4.78, 5) is 0. The monoisotopic (exact) mass is 311 g/mol. The molecule has 1 aliphatic carbocycles. The smallest absolute Gasteiger partial charge is 0.279 e. The average molecular weight is 311 g/mol. The van der Waals surface area contributed by atoms with Crippen LogP contribution in [0.25, 0.3) is 0 Å². The van der Waals surface area contributed by atoms with Crippen molar-refractivity contribution < 1.29 is 8.42 Å². The number of benzene rings is 1. The number of rotatable bonds is 7. The Balaban J connectivity index is 1.99. The van der Waals surface area contributed by atoms with E-state index in [0.29, 0.717) is 19.0 Å². The average Bonchev–Trinajstić information content (AvgIpc) is 3.00. The molecule has 0 amide bonds. The lowest BCUT2D eigenvalue weighted by Crippen LogP contribution is -2.49. The molecule has 0 spiro atoms. The highest BCUT2D eigenvalue weighted by atomic mass is 32.2. The first-order valence-corrected chi connectivity index (χ1v) is 8.94. The zero-order chi connectivity index (χ0) is 15.3. The maximum absolute atomic E-state index is 12.4. The lowest BCUT2D eigenvalue weighted by molar-refractivity contribution is 0.383. The quantitative estimate of drug-likeness (QED) is 0.800. The molecule has 1 saturated carbocycles. The minimum Gasteiger partial charge on any atom is -0.329 e. The van der Waals surface area contributed by atoms with Crippen molar-refractivity contribution in [2.75, 3.05) is 13.6 Å². The molecular formula is C15H25N3O2S. The highest BCUT2D eigenvalue weighted by Gasteiger charge is 2.29. The van der Waals surface area contributed by atoms with E-state index in [9.17, 15) is 8.42 Å². The molecule has 0 aromatic heterocycles. The van der Waals surface area contributed by atoms with Gasteiger partial charge in [-0.2, -0.15) is 17.4 Å². The van der Waals surface area contributed by atoms with Crippen molar-refractivity contribution in [3.05, 3.63) is 35.9 Å². The zero-order valence-electron chi connectivity index (χ0n) is 12.5. The van der Waals surface area contributed by atoms with Crippen LogP contribution in [0.2, 0.25) is 0 Å². The lowest BCUT2D eigenvalue weighted by Gasteiger charge is -2.26. The van der Waals surface area contributed by atoms with Crippen molar-refractivity contribution in [1.29, 1.82) is 0 Å². The van der Waals surface area contributed by atoms with Gasteiger partial charge in [0.25, 0.3) is 10.2 Å². The van der Waals surface area contributed by atoms with Crippen molar-refractivity contribution in [2.45, 2.75) is 38.3 Å². The number of hydrogen-bond acceptors (Lipinski definition) is 3. The summed E-state index contributed by atoms with van der Waals surface area (Å²) in [5.41, 5.74) is 6.74. The molecule has 1 unspecified atom stereocenters. The largest absolute Gasteiger partial charge is 0.329 e. The SMILES string of the molecule is CN(Cc1ccccc1)S(=O)(=O)NC(CN)C1CCCC1. The predicted octanol–water partition coefficient (Wildman–Crippen LogP) is 1.47. The van der Waals surface area contributed by atoms with Gasteiger partial charge in [0, 0.05) is 26.2 Å². The Morgan fingerprint density at radius 3 is 2.48 bits per heavy atom. The van der Waals surface area contributed by atoms with E-state index in [2.05, 4.69) is 4.72 Å². The molecule has 6 heteroatoms. The molecule has 1 fully saturated rings. The first-order chi connectivity index (χ1) is 10.0. The van der Waals surface area contributed by atoms with E-state index in [1.165, 1.54) is 17.1 Å². The standard InChI is InChI=1S/C15H25N3O2S/c1-18(12-13-7-3-2-4-8-13)21(19,20)17-15(11-16)14-9-5-6-10-14/h2-4,7-8,14-15,17H,5-6,9-12,16H2,1H3. The summed E-state index contributed by atoms with van der Waals surface area (Å²) in [6.45, 7) is 0.710. The molecule has 2 rings (SSSR count). The first-order valence-electron chi connectivity index (χ1n) is 7.50. The first kappa shape index (κ1) is 16.4. The topological polar surface area (TPSA) is 75.4 Å². The van der Waals surface area contributed by atoms with E-state index in [1.807, 2.05) is 30.3 Å².